The fraction of sp³-hybridized carbons (Fsp3) is 0.143. The molecular formula is C7H5Br2. The van der Waals surface area contributed by atoms with E-state index in [9.17, 15) is 0 Å². The van der Waals surface area contributed by atoms with Crippen LogP contribution in [0.5, 0.6) is 0 Å². The largest absolute Gasteiger partial charge is 0.0876 e. The normalized spacial score (nSPS) is 9.56. The zero-order valence-corrected chi connectivity index (χ0v) is 7.87. The van der Waals surface area contributed by atoms with E-state index >= 15 is 0 Å². The van der Waals surface area contributed by atoms with Crippen LogP contribution in [-0.4, -0.2) is 0 Å². The lowest BCUT2D eigenvalue weighted by molar-refractivity contribution is 1.42. The van der Waals surface area contributed by atoms with Gasteiger partial charge in [0.2, 0.25) is 0 Å². The summed E-state index contributed by atoms with van der Waals surface area (Å²) in [4.78, 5) is 0. The summed E-state index contributed by atoms with van der Waals surface area (Å²) in [6.45, 7) is 0. The van der Waals surface area contributed by atoms with Crippen molar-refractivity contribution in [3.05, 3.63) is 34.3 Å². The Bertz CT molecular complexity index is 179. The maximum Gasteiger partial charge on any atom is 0.0283 e. The molecule has 1 radical (unpaired) electrons. The van der Waals surface area contributed by atoms with Gasteiger partial charge >= 0.3 is 0 Å². The molecule has 0 bridgehead atoms. The topological polar surface area (TPSA) is 0 Å². The Balaban J connectivity index is 2.88. The third-order valence-electron chi connectivity index (χ3n) is 0.993. The van der Waals surface area contributed by atoms with Crippen molar-refractivity contribution < 1.29 is 0 Å². The van der Waals surface area contributed by atoms with E-state index in [2.05, 4.69) is 44.0 Å². The minimum atomic E-state index is 0.900. The third kappa shape index (κ3) is 2.11. The molecule has 9 heavy (non-hydrogen) atoms. The molecule has 1 aromatic rings. The van der Waals surface area contributed by atoms with Crippen LogP contribution in [0, 0.1) is 6.07 Å². The van der Waals surface area contributed by atoms with E-state index in [1.165, 1.54) is 5.56 Å². The molecule has 0 atom stereocenters. The quantitative estimate of drug-likeness (QED) is 0.670. The first-order valence-electron chi connectivity index (χ1n) is 2.55. The van der Waals surface area contributed by atoms with Crippen molar-refractivity contribution in [1.29, 1.82) is 0 Å². The third-order valence-corrected chi connectivity index (χ3v) is 2.13. The number of hydrogen-bond acceptors (Lipinski definition) is 0. The van der Waals surface area contributed by atoms with Gasteiger partial charge in [-0.3, -0.25) is 0 Å². The van der Waals surface area contributed by atoms with Crippen LogP contribution in [0.15, 0.2) is 22.7 Å². The highest BCUT2D eigenvalue weighted by molar-refractivity contribution is 9.10. The molecule has 0 aliphatic heterocycles. The van der Waals surface area contributed by atoms with Gasteiger partial charge in [0.25, 0.3) is 0 Å². The number of benzene rings is 1. The second-order valence-electron chi connectivity index (χ2n) is 1.68. The van der Waals surface area contributed by atoms with Crippen LogP contribution in [0.25, 0.3) is 0 Å². The number of halogens is 2. The van der Waals surface area contributed by atoms with Crippen LogP contribution in [0.1, 0.15) is 5.56 Å². The zero-order valence-electron chi connectivity index (χ0n) is 4.70. The smallest absolute Gasteiger partial charge is 0.0283 e. The first-order valence-corrected chi connectivity index (χ1v) is 4.46. The molecule has 0 heterocycles. The molecule has 1 aromatic carbocycles. The summed E-state index contributed by atoms with van der Waals surface area (Å²) in [6.07, 6.45) is 0. The fourth-order valence-corrected chi connectivity index (χ4v) is 1.12. The Labute approximate surface area is 71.5 Å². The molecule has 0 aliphatic carbocycles. The summed E-state index contributed by atoms with van der Waals surface area (Å²) in [5.74, 6) is 0. The maximum atomic E-state index is 3.35. The van der Waals surface area contributed by atoms with E-state index in [4.69, 9.17) is 0 Å². The highest BCUT2D eigenvalue weighted by Crippen LogP contribution is 2.11. The average Bonchev–Trinajstić information content (AvgIpc) is 1.90. The minimum Gasteiger partial charge on any atom is -0.0876 e. The molecule has 0 aliphatic rings. The Hall–Kier alpha value is 0.180. The standard InChI is InChI=1S/C7H5Br2/c8-5-6-1-3-7(9)4-2-6/h1-3H,5H2. The van der Waals surface area contributed by atoms with E-state index in [-0.39, 0.29) is 0 Å². The van der Waals surface area contributed by atoms with E-state index < -0.39 is 0 Å². The van der Waals surface area contributed by atoms with E-state index in [1.807, 2.05) is 12.1 Å². The lowest BCUT2D eigenvalue weighted by atomic mass is 10.2. The van der Waals surface area contributed by atoms with Gasteiger partial charge in [-0.15, -0.1) is 0 Å². The van der Waals surface area contributed by atoms with Crippen molar-refractivity contribution in [2.45, 2.75) is 5.33 Å². The molecule has 2 heteroatoms. The van der Waals surface area contributed by atoms with Crippen LogP contribution in [-0.2, 0) is 5.33 Å². The zero-order chi connectivity index (χ0) is 6.69. The second-order valence-corrected chi connectivity index (χ2v) is 3.09. The summed E-state index contributed by atoms with van der Waals surface area (Å²) in [5, 5.41) is 0.900. The molecule has 0 nitrogen and oxygen atoms in total. The molecule has 0 unspecified atom stereocenters. The van der Waals surface area contributed by atoms with Crippen molar-refractivity contribution in [3.63, 3.8) is 0 Å². The van der Waals surface area contributed by atoms with Crippen LogP contribution in [0.4, 0.5) is 0 Å². The summed E-state index contributed by atoms with van der Waals surface area (Å²) < 4.78 is 1.01. The van der Waals surface area contributed by atoms with Gasteiger partial charge in [-0.2, -0.15) is 0 Å². The Morgan fingerprint density at radius 2 is 2.22 bits per heavy atom. The molecule has 0 amide bonds. The van der Waals surface area contributed by atoms with Gasteiger partial charge in [-0.05, 0) is 23.8 Å². The summed E-state index contributed by atoms with van der Waals surface area (Å²) >= 11 is 6.65. The highest BCUT2D eigenvalue weighted by atomic mass is 79.9. The predicted molar refractivity (Wildman–Crippen MR) is 45.6 cm³/mol. The lowest BCUT2D eigenvalue weighted by Gasteiger charge is -1.91. The number of hydrogen-bond donors (Lipinski definition) is 0. The maximum absolute atomic E-state index is 3.35. The van der Waals surface area contributed by atoms with Crippen molar-refractivity contribution in [2.75, 3.05) is 0 Å². The Morgan fingerprint density at radius 3 is 2.67 bits per heavy atom. The van der Waals surface area contributed by atoms with E-state index in [0.717, 1.165) is 9.80 Å². The first kappa shape index (κ1) is 7.29. The first-order chi connectivity index (χ1) is 4.33. The molecule has 0 aromatic heterocycles. The minimum absolute atomic E-state index is 0.900. The van der Waals surface area contributed by atoms with Gasteiger partial charge in [0.15, 0.2) is 0 Å². The van der Waals surface area contributed by atoms with Gasteiger partial charge < -0.3 is 0 Å². The number of rotatable bonds is 1. The van der Waals surface area contributed by atoms with Gasteiger partial charge in [0.1, 0.15) is 0 Å². The highest BCUT2D eigenvalue weighted by Gasteiger charge is 1.87. The fourth-order valence-electron chi connectivity index (χ4n) is 0.521. The van der Waals surface area contributed by atoms with Gasteiger partial charge in [0, 0.05) is 9.80 Å². The second kappa shape index (κ2) is 3.37. The van der Waals surface area contributed by atoms with Crippen LogP contribution in [0.3, 0.4) is 0 Å². The Kier molecular flexibility index (Phi) is 2.73. The van der Waals surface area contributed by atoms with Crippen LogP contribution in [0.2, 0.25) is 0 Å². The number of alkyl halides is 1. The van der Waals surface area contributed by atoms with Crippen molar-refractivity contribution in [3.8, 4) is 0 Å². The summed E-state index contributed by atoms with van der Waals surface area (Å²) in [6, 6.07) is 9.03. The monoisotopic (exact) mass is 247 g/mol. The van der Waals surface area contributed by atoms with Gasteiger partial charge in [-0.25, -0.2) is 0 Å². The van der Waals surface area contributed by atoms with Crippen LogP contribution >= 0.6 is 31.9 Å². The van der Waals surface area contributed by atoms with Crippen molar-refractivity contribution >= 4 is 31.9 Å². The summed E-state index contributed by atoms with van der Waals surface area (Å²) in [7, 11) is 0. The average molecular weight is 249 g/mol. The van der Waals surface area contributed by atoms with Crippen LogP contribution < -0.4 is 0 Å². The lowest BCUT2D eigenvalue weighted by Crippen LogP contribution is -1.73. The Morgan fingerprint density at radius 1 is 1.44 bits per heavy atom. The van der Waals surface area contributed by atoms with Gasteiger partial charge in [0.05, 0.1) is 0 Å². The van der Waals surface area contributed by atoms with Crippen molar-refractivity contribution in [2.24, 2.45) is 0 Å². The molecule has 0 spiro atoms. The molecule has 0 N–H and O–H groups in total. The van der Waals surface area contributed by atoms with Crippen molar-refractivity contribution in [1.82, 2.24) is 0 Å². The molecule has 1 rings (SSSR count). The molecule has 0 saturated carbocycles. The van der Waals surface area contributed by atoms with Gasteiger partial charge in [-0.1, -0.05) is 37.9 Å². The SMILES string of the molecule is BrCc1c[c]c(Br)cc1. The molecule has 0 fully saturated rings. The molecule has 47 valence electrons. The summed E-state index contributed by atoms with van der Waals surface area (Å²) in [5.41, 5.74) is 1.25. The van der Waals surface area contributed by atoms with E-state index in [0.29, 0.717) is 0 Å². The predicted octanol–water partition coefficient (Wildman–Crippen LogP) is 3.14. The molecular weight excluding hydrogens is 244 g/mol. The molecule has 0 saturated heterocycles. The van der Waals surface area contributed by atoms with E-state index in [1.54, 1.807) is 0 Å².